The van der Waals surface area contributed by atoms with Crippen LogP contribution in [0.2, 0.25) is 0 Å². The highest BCUT2D eigenvalue weighted by Crippen LogP contribution is 2.27. The number of anilines is 1. The molecule has 1 atom stereocenters. The second-order valence-corrected chi connectivity index (χ2v) is 6.17. The number of nitrogens with zero attached hydrogens (tertiary/aromatic N) is 4. The van der Waals surface area contributed by atoms with Crippen LogP contribution in [0.15, 0.2) is 29.0 Å². The first kappa shape index (κ1) is 13.6. The van der Waals surface area contributed by atoms with Gasteiger partial charge >= 0.3 is 0 Å². The summed E-state index contributed by atoms with van der Waals surface area (Å²) in [6, 6.07) is 6.66. The first-order chi connectivity index (χ1) is 9.63. The third-order valence-electron chi connectivity index (χ3n) is 3.58. The van der Waals surface area contributed by atoms with Crippen LogP contribution in [0, 0.1) is 0 Å². The van der Waals surface area contributed by atoms with E-state index in [4.69, 9.17) is 5.73 Å². The van der Waals surface area contributed by atoms with Gasteiger partial charge in [-0.25, -0.2) is 0 Å². The van der Waals surface area contributed by atoms with Crippen LogP contribution < -0.4 is 10.6 Å². The van der Waals surface area contributed by atoms with Crippen LogP contribution in [0.25, 0.3) is 0 Å². The molecule has 0 bridgehead atoms. The van der Waals surface area contributed by atoms with E-state index >= 15 is 0 Å². The zero-order chi connectivity index (χ0) is 14.1. The molecule has 2 N–H and O–H groups in total. The largest absolute Gasteiger partial charge is 0.362 e. The van der Waals surface area contributed by atoms with Crippen molar-refractivity contribution in [2.75, 3.05) is 11.4 Å². The van der Waals surface area contributed by atoms with Crippen molar-refractivity contribution in [2.45, 2.75) is 32.5 Å². The van der Waals surface area contributed by atoms with Crippen LogP contribution >= 0.6 is 15.9 Å². The summed E-state index contributed by atoms with van der Waals surface area (Å²) in [6.45, 7) is 4.74. The normalized spacial score (nSPS) is 16.1. The van der Waals surface area contributed by atoms with Crippen molar-refractivity contribution in [3.05, 3.63) is 40.4 Å². The van der Waals surface area contributed by atoms with E-state index in [-0.39, 0.29) is 6.04 Å². The van der Waals surface area contributed by atoms with Gasteiger partial charge in [0.25, 0.3) is 0 Å². The second-order valence-electron chi connectivity index (χ2n) is 5.32. The Bertz CT molecular complexity index is 607. The second kappa shape index (κ2) is 5.54. The molecule has 1 unspecified atom stereocenters. The number of fused-ring (bicyclic) bond motifs is 1. The molecule has 0 amide bonds. The fourth-order valence-corrected chi connectivity index (χ4v) is 3.06. The quantitative estimate of drug-likeness (QED) is 0.931. The van der Waals surface area contributed by atoms with E-state index in [0.29, 0.717) is 0 Å². The molecule has 2 aromatic rings. The number of nitrogens with two attached hydrogens (primary N) is 1. The van der Waals surface area contributed by atoms with Crippen LogP contribution in [0.5, 0.6) is 0 Å². The molecule has 1 aliphatic heterocycles. The van der Waals surface area contributed by atoms with Crippen molar-refractivity contribution in [3.8, 4) is 0 Å². The van der Waals surface area contributed by atoms with Gasteiger partial charge in [-0.2, -0.15) is 0 Å². The molecule has 3 rings (SSSR count). The fraction of sp³-hybridized carbons (Fsp3) is 0.429. The molecular weight excluding hydrogens is 318 g/mol. The van der Waals surface area contributed by atoms with Crippen LogP contribution in [-0.2, 0) is 19.5 Å². The summed E-state index contributed by atoms with van der Waals surface area (Å²) < 4.78 is 3.23. The summed E-state index contributed by atoms with van der Waals surface area (Å²) in [5.41, 5.74) is 8.33. The molecule has 1 aromatic heterocycles. The van der Waals surface area contributed by atoms with Gasteiger partial charge < -0.3 is 15.2 Å². The van der Waals surface area contributed by atoms with Crippen molar-refractivity contribution in [2.24, 2.45) is 5.73 Å². The maximum absolute atomic E-state index is 5.87. The van der Waals surface area contributed by atoms with Crippen molar-refractivity contribution < 1.29 is 0 Å². The highest BCUT2D eigenvalue weighted by Gasteiger charge is 2.18. The minimum Gasteiger partial charge on any atom is -0.362 e. The van der Waals surface area contributed by atoms with Gasteiger partial charge in [0.05, 0.1) is 6.54 Å². The predicted octanol–water partition coefficient (Wildman–Crippen LogP) is 1.95. The molecule has 0 saturated heterocycles. The molecule has 1 aliphatic rings. The molecule has 20 heavy (non-hydrogen) atoms. The van der Waals surface area contributed by atoms with E-state index in [0.717, 1.165) is 36.4 Å². The molecule has 0 spiro atoms. The Hall–Kier alpha value is -1.40. The average molecular weight is 336 g/mol. The maximum atomic E-state index is 5.87. The first-order valence-electron chi connectivity index (χ1n) is 6.79. The van der Waals surface area contributed by atoms with Crippen molar-refractivity contribution in [1.82, 2.24) is 14.8 Å². The topological polar surface area (TPSA) is 60.0 Å². The van der Waals surface area contributed by atoms with E-state index in [9.17, 15) is 0 Å². The minimum absolute atomic E-state index is 0.172. The monoisotopic (exact) mass is 335 g/mol. The van der Waals surface area contributed by atoms with Gasteiger partial charge in [-0.15, -0.1) is 10.2 Å². The van der Waals surface area contributed by atoms with Crippen LogP contribution in [0.1, 0.15) is 18.3 Å². The Morgan fingerprint density at radius 2 is 2.25 bits per heavy atom. The Labute approximate surface area is 126 Å². The molecule has 1 aromatic carbocycles. The Balaban J connectivity index is 1.80. The lowest BCUT2D eigenvalue weighted by Gasteiger charge is -2.29. The summed E-state index contributed by atoms with van der Waals surface area (Å²) in [7, 11) is 0. The molecule has 0 saturated carbocycles. The van der Waals surface area contributed by atoms with Crippen LogP contribution in [-0.4, -0.2) is 27.4 Å². The van der Waals surface area contributed by atoms with E-state index in [2.05, 4.69) is 53.8 Å². The van der Waals surface area contributed by atoms with E-state index in [1.807, 2.05) is 6.92 Å². The lowest BCUT2D eigenvalue weighted by molar-refractivity contribution is 0.560. The standard InChI is InChI=1S/C14H18BrN5/c1-10(16)6-11-2-3-12(7-13(11)15)19-4-5-20-9-17-18-14(20)8-19/h2-3,7,9-10H,4-6,8,16H2,1H3. The summed E-state index contributed by atoms with van der Waals surface area (Å²) >= 11 is 3.65. The lowest BCUT2D eigenvalue weighted by Crippen LogP contribution is -2.33. The van der Waals surface area contributed by atoms with Gasteiger partial charge in [-0.05, 0) is 31.0 Å². The van der Waals surface area contributed by atoms with Gasteiger partial charge in [0, 0.05) is 29.3 Å². The summed E-state index contributed by atoms with van der Waals surface area (Å²) in [4.78, 5) is 2.32. The van der Waals surface area contributed by atoms with Gasteiger partial charge in [0.1, 0.15) is 6.33 Å². The summed E-state index contributed by atoms with van der Waals surface area (Å²) in [6.07, 6.45) is 2.68. The van der Waals surface area contributed by atoms with Gasteiger partial charge in [0.2, 0.25) is 0 Å². The lowest BCUT2D eigenvalue weighted by atomic mass is 10.1. The Morgan fingerprint density at radius 3 is 3.00 bits per heavy atom. The molecule has 5 nitrogen and oxygen atoms in total. The van der Waals surface area contributed by atoms with E-state index in [1.54, 1.807) is 6.33 Å². The van der Waals surface area contributed by atoms with Gasteiger partial charge in [0.15, 0.2) is 5.82 Å². The minimum atomic E-state index is 0.172. The number of aromatic nitrogens is 3. The zero-order valence-corrected chi connectivity index (χ0v) is 13.0. The molecule has 106 valence electrons. The average Bonchev–Trinajstić information content (AvgIpc) is 2.87. The Morgan fingerprint density at radius 1 is 1.40 bits per heavy atom. The number of halogens is 1. The number of hydrogen-bond donors (Lipinski definition) is 1. The zero-order valence-electron chi connectivity index (χ0n) is 11.5. The van der Waals surface area contributed by atoms with E-state index in [1.165, 1.54) is 11.3 Å². The number of hydrogen-bond acceptors (Lipinski definition) is 4. The first-order valence-corrected chi connectivity index (χ1v) is 7.58. The molecular formula is C14H18BrN5. The van der Waals surface area contributed by atoms with Crippen molar-refractivity contribution in [1.29, 1.82) is 0 Å². The molecule has 2 heterocycles. The van der Waals surface area contributed by atoms with Gasteiger partial charge in [-0.3, -0.25) is 0 Å². The van der Waals surface area contributed by atoms with Gasteiger partial charge in [-0.1, -0.05) is 22.0 Å². The molecule has 6 heteroatoms. The summed E-state index contributed by atoms with van der Waals surface area (Å²) in [5.74, 6) is 1.02. The predicted molar refractivity (Wildman–Crippen MR) is 82.6 cm³/mol. The molecule has 0 aliphatic carbocycles. The Kier molecular flexibility index (Phi) is 3.76. The smallest absolute Gasteiger partial charge is 0.152 e. The number of rotatable bonds is 3. The third-order valence-corrected chi connectivity index (χ3v) is 4.32. The fourth-order valence-electron chi connectivity index (χ4n) is 2.53. The van der Waals surface area contributed by atoms with Crippen molar-refractivity contribution in [3.63, 3.8) is 0 Å². The maximum Gasteiger partial charge on any atom is 0.152 e. The van der Waals surface area contributed by atoms with Crippen molar-refractivity contribution >= 4 is 21.6 Å². The third kappa shape index (κ3) is 2.71. The van der Waals surface area contributed by atoms with E-state index < -0.39 is 0 Å². The highest BCUT2D eigenvalue weighted by atomic mass is 79.9. The highest BCUT2D eigenvalue weighted by molar-refractivity contribution is 9.10. The summed E-state index contributed by atoms with van der Waals surface area (Å²) in [5, 5.41) is 8.11. The van der Waals surface area contributed by atoms with Crippen LogP contribution in [0.3, 0.4) is 0 Å². The molecule has 0 fully saturated rings. The number of benzene rings is 1. The SMILES string of the molecule is CC(N)Cc1ccc(N2CCn3cnnc3C2)cc1Br. The van der Waals surface area contributed by atoms with Crippen LogP contribution in [0.4, 0.5) is 5.69 Å². The molecule has 0 radical (unpaired) electrons.